The average Bonchev–Trinajstić information content (AvgIpc) is 2.51. The van der Waals surface area contributed by atoms with Crippen LogP contribution in [0.2, 0.25) is 0 Å². The standard InChI is InChI=1S/C16H31N3O2/c1-2-6-14(9-10-17)7-8-15(20)18-13-16(21)19-11-4-3-5-12-19/h14H,2-13,17H2,1H3,(H,18,20). The molecule has 2 amide bonds. The van der Waals surface area contributed by atoms with E-state index < -0.39 is 0 Å². The maximum Gasteiger partial charge on any atom is 0.241 e. The summed E-state index contributed by atoms with van der Waals surface area (Å²) in [6.07, 6.45) is 7.96. The Balaban J connectivity index is 2.18. The van der Waals surface area contributed by atoms with Crippen LogP contribution in [0.15, 0.2) is 0 Å². The first-order chi connectivity index (χ1) is 10.2. The SMILES string of the molecule is CCCC(CCN)CCC(=O)NCC(=O)N1CCCCC1. The zero-order valence-electron chi connectivity index (χ0n) is 13.4. The molecule has 0 aromatic carbocycles. The normalized spacial score (nSPS) is 16.6. The fourth-order valence-corrected chi connectivity index (χ4v) is 2.93. The third-order valence-corrected chi connectivity index (χ3v) is 4.20. The molecule has 3 N–H and O–H groups in total. The fourth-order valence-electron chi connectivity index (χ4n) is 2.93. The van der Waals surface area contributed by atoms with E-state index in [0.717, 1.165) is 51.6 Å². The number of piperidine rings is 1. The molecule has 5 heteroatoms. The summed E-state index contributed by atoms with van der Waals surface area (Å²) >= 11 is 0. The first-order valence-corrected chi connectivity index (χ1v) is 8.42. The summed E-state index contributed by atoms with van der Waals surface area (Å²) in [6, 6.07) is 0. The molecule has 0 saturated carbocycles. The van der Waals surface area contributed by atoms with Crippen LogP contribution in [0.25, 0.3) is 0 Å². The molecule has 5 nitrogen and oxygen atoms in total. The van der Waals surface area contributed by atoms with E-state index in [1.807, 2.05) is 4.90 Å². The second-order valence-electron chi connectivity index (χ2n) is 5.99. The summed E-state index contributed by atoms with van der Waals surface area (Å²) in [7, 11) is 0. The maximum atomic E-state index is 11.9. The number of likely N-dealkylation sites (tertiary alicyclic amines) is 1. The lowest BCUT2D eigenvalue weighted by atomic mass is 9.94. The molecule has 1 unspecified atom stereocenters. The Morgan fingerprint density at radius 1 is 1.14 bits per heavy atom. The fraction of sp³-hybridized carbons (Fsp3) is 0.875. The van der Waals surface area contributed by atoms with Gasteiger partial charge in [0.2, 0.25) is 11.8 Å². The predicted molar refractivity (Wildman–Crippen MR) is 84.7 cm³/mol. The average molecular weight is 297 g/mol. The minimum absolute atomic E-state index is 0.0153. The van der Waals surface area contributed by atoms with Gasteiger partial charge in [-0.25, -0.2) is 0 Å². The smallest absolute Gasteiger partial charge is 0.241 e. The Labute approximate surface area is 128 Å². The second kappa shape index (κ2) is 10.6. The minimum atomic E-state index is -0.0153. The molecule has 0 aromatic heterocycles. The van der Waals surface area contributed by atoms with Crippen LogP contribution in [0.1, 0.15) is 58.3 Å². The van der Waals surface area contributed by atoms with Gasteiger partial charge in [0.15, 0.2) is 0 Å². The Kier molecular flexibility index (Phi) is 9.06. The van der Waals surface area contributed by atoms with Crippen LogP contribution in [0.5, 0.6) is 0 Å². The summed E-state index contributed by atoms with van der Waals surface area (Å²) in [5, 5.41) is 2.76. The van der Waals surface area contributed by atoms with E-state index in [-0.39, 0.29) is 18.4 Å². The molecular formula is C16H31N3O2. The molecule has 1 atom stereocenters. The van der Waals surface area contributed by atoms with Crippen molar-refractivity contribution in [3.63, 3.8) is 0 Å². The minimum Gasteiger partial charge on any atom is -0.347 e. The molecule has 1 aliphatic rings. The Hall–Kier alpha value is -1.10. The van der Waals surface area contributed by atoms with Crippen molar-refractivity contribution in [3.05, 3.63) is 0 Å². The monoisotopic (exact) mass is 297 g/mol. The van der Waals surface area contributed by atoms with Gasteiger partial charge in [-0.2, -0.15) is 0 Å². The third-order valence-electron chi connectivity index (χ3n) is 4.20. The van der Waals surface area contributed by atoms with Crippen molar-refractivity contribution in [2.45, 2.75) is 58.3 Å². The number of amides is 2. The first-order valence-electron chi connectivity index (χ1n) is 8.42. The van der Waals surface area contributed by atoms with Crippen molar-refractivity contribution in [2.24, 2.45) is 11.7 Å². The number of nitrogens with one attached hydrogen (secondary N) is 1. The number of rotatable bonds is 9. The number of carbonyl (C=O) groups is 2. The van der Waals surface area contributed by atoms with Crippen molar-refractivity contribution >= 4 is 11.8 Å². The third kappa shape index (κ3) is 7.46. The highest BCUT2D eigenvalue weighted by Crippen LogP contribution is 2.16. The molecule has 122 valence electrons. The Morgan fingerprint density at radius 2 is 1.86 bits per heavy atom. The Morgan fingerprint density at radius 3 is 2.48 bits per heavy atom. The van der Waals surface area contributed by atoms with E-state index in [1.165, 1.54) is 6.42 Å². The van der Waals surface area contributed by atoms with Gasteiger partial charge in [-0.1, -0.05) is 19.8 Å². The number of nitrogens with two attached hydrogens (primary N) is 1. The molecule has 1 saturated heterocycles. The van der Waals surface area contributed by atoms with Crippen LogP contribution in [-0.4, -0.2) is 42.9 Å². The van der Waals surface area contributed by atoms with Crippen LogP contribution in [0, 0.1) is 5.92 Å². The van der Waals surface area contributed by atoms with Gasteiger partial charge < -0.3 is 16.0 Å². The molecule has 0 bridgehead atoms. The highest BCUT2D eigenvalue weighted by molar-refractivity contribution is 5.84. The van der Waals surface area contributed by atoms with Crippen molar-refractivity contribution in [1.82, 2.24) is 10.2 Å². The number of hydrogen-bond acceptors (Lipinski definition) is 3. The summed E-state index contributed by atoms with van der Waals surface area (Å²) < 4.78 is 0. The molecule has 1 heterocycles. The van der Waals surface area contributed by atoms with Gasteiger partial charge in [0.1, 0.15) is 0 Å². The van der Waals surface area contributed by atoms with E-state index >= 15 is 0 Å². The predicted octanol–water partition coefficient (Wildman–Crippen LogP) is 1.66. The summed E-state index contributed by atoms with van der Waals surface area (Å²) in [5.74, 6) is 0.567. The van der Waals surface area contributed by atoms with Crippen LogP contribution < -0.4 is 11.1 Å². The van der Waals surface area contributed by atoms with E-state index in [2.05, 4.69) is 12.2 Å². The van der Waals surface area contributed by atoms with Crippen molar-refractivity contribution < 1.29 is 9.59 Å². The highest BCUT2D eigenvalue weighted by atomic mass is 16.2. The molecule has 21 heavy (non-hydrogen) atoms. The topological polar surface area (TPSA) is 75.4 Å². The Bertz CT molecular complexity index is 309. The van der Waals surface area contributed by atoms with Crippen LogP contribution in [0.4, 0.5) is 0 Å². The molecule has 1 aliphatic heterocycles. The summed E-state index contributed by atoms with van der Waals surface area (Å²) in [5.41, 5.74) is 5.60. The molecule has 1 fully saturated rings. The van der Waals surface area contributed by atoms with E-state index in [9.17, 15) is 9.59 Å². The molecule has 0 radical (unpaired) electrons. The zero-order chi connectivity index (χ0) is 15.5. The van der Waals surface area contributed by atoms with E-state index in [4.69, 9.17) is 5.73 Å². The van der Waals surface area contributed by atoms with Gasteiger partial charge in [0.05, 0.1) is 6.54 Å². The van der Waals surface area contributed by atoms with Crippen LogP contribution >= 0.6 is 0 Å². The lowest BCUT2D eigenvalue weighted by Gasteiger charge is -2.26. The lowest BCUT2D eigenvalue weighted by molar-refractivity contribution is -0.133. The lowest BCUT2D eigenvalue weighted by Crippen LogP contribution is -2.42. The van der Waals surface area contributed by atoms with Crippen molar-refractivity contribution in [3.8, 4) is 0 Å². The first kappa shape index (κ1) is 18.0. The summed E-state index contributed by atoms with van der Waals surface area (Å²) in [6.45, 7) is 4.66. The maximum absolute atomic E-state index is 11.9. The van der Waals surface area contributed by atoms with Crippen LogP contribution in [0.3, 0.4) is 0 Å². The van der Waals surface area contributed by atoms with Gasteiger partial charge in [0, 0.05) is 19.5 Å². The quantitative estimate of drug-likeness (QED) is 0.679. The molecule has 0 aromatic rings. The van der Waals surface area contributed by atoms with Gasteiger partial charge in [0.25, 0.3) is 0 Å². The molecule has 0 aliphatic carbocycles. The zero-order valence-corrected chi connectivity index (χ0v) is 13.4. The van der Waals surface area contributed by atoms with Crippen molar-refractivity contribution in [1.29, 1.82) is 0 Å². The largest absolute Gasteiger partial charge is 0.347 e. The van der Waals surface area contributed by atoms with Crippen LogP contribution in [-0.2, 0) is 9.59 Å². The van der Waals surface area contributed by atoms with Crippen molar-refractivity contribution in [2.75, 3.05) is 26.2 Å². The molecule has 0 spiro atoms. The number of hydrogen-bond donors (Lipinski definition) is 2. The van der Waals surface area contributed by atoms with Gasteiger partial charge >= 0.3 is 0 Å². The van der Waals surface area contributed by atoms with E-state index in [1.54, 1.807) is 0 Å². The van der Waals surface area contributed by atoms with E-state index in [0.29, 0.717) is 18.9 Å². The highest BCUT2D eigenvalue weighted by Gasteiger charge is 2.17. The summed E-state index contributed by atoms with van der Waals surface area (Å²) in [4.78, 5) is 25.6. The van der Waals surface area contributed by atoms with Gasteiger partial charge in [-0.05, 0) is 44.6 Å². The molecule has 1 rings (SSSR count). The second-order valence-corrected chi connectivity index (χ2v) is 5.99. The number of nitrogens with zero attached hydrogens (tertiary/aromatic N) is 1. The van der Waals surface area contributed by atoms with Gasteiger partial charge in [-0.15, -0.1) is 0 Å². The number of carbonyl (C=O) groups excluding carboxylic acids is 2. The van der Waals surface area contributed by atoms with Gasteiger partial charge in [-0.3, -0.25) is 9.59 Å². The molecular weight excluding hydrogens is 266 g/mol.